The van der Waals surface area contributed by atoms with Gasteiger partial charge in [0.05, 0.1) is 18.7 Å². The molecule has 3 heteroatoms. The summed E-state index contributed by atoms with van der Waals surface area (Å²) in [6.07, 6.45) is 2.03. The lowest BCUT2D eigenvalue weighted by Gasteiger charge is -2.23. The summed E-state index contributed by atoms with van der Waals surface area (Å²) in [6, 6.07) is 18.0. The number of rotatable bonds is 4. The highest BCUT2D eigenvalue weighted by atomic mass is 16.3. The smallest absolute Gasteiger partial charge is 0.227 e. The number of carbonyl (C=O) groups is 1. The van der Waals surface area contributed by atoms with Crippen molar-refractivity contribution >= 4 is 16.7 Å². The third kappa shape index (κ3) is 2.89. The number of likely N-dealkylation sites (N-methyl/N-ethyl adjacent to an activating group) is 1. The van der Waals surface area contributed by atoms with Crippen LogP contribution in [0.15, 0.2) is 65.3 Å². The van der Waals surface area contributed by atoms with E-state index < -0.39 is 0 Å². The first-order valence-corrected chi connectivity index (χ1v) is 7.42. The largest absolute Gasteiger partial charge is 0.467 e. The number of hydrogen-bond acceptors (Lipinski definition) is 2. The SMILES string of the molecule is CC(c1ccco1)N(C)C(=O)Cc1ccc2ccccc2c1. The van der Waals surface area contributed by atoms with Crippen LogP contribution in [0.2, 0.25) is 0 Å². The Morgan fingerprint density at radius 1 is 1.09 bits per heavy atom. The van der Waals surface area contributed by atoms with E-state index in [1.54, 1.807) is 11.2 Å². The van der Waals surface area contributed by atoms with E-state index in [1.165, 1.54) is 5.39 Å². The molecule has 0 aliphatic heterocycles. The first-order chi connectivity index (χ1) is 10.6. The molecule has 0 saturated carbocycles. The van der Waals surface area contributed by atoms with E-state index in [9.17, 15) is 4.79 Å². The Bertz CT molecular complexity index is 777. The van der Waals surface area contributed by atoms with E-state index >= 15 is 0 Å². The Balaban J connectivity index is 1.74. The van der Waals surface area contributed by atoms with Gasteiger partial charge in [-0.2, -0.15) is 0 Å². The zero-order valence-corrected chi connectivity index (χ0v) is 12.8. The molecule has 112 valence electrons. The van der Waals surface area contributed by atoms with Crippen LogP contribution < -0.4 is 0 Å². The molecule has 1 aromatic heterocycles. The summed E-state index contributed by atoms with van der Waals surface area (Å²) in [5.41, 5.74) is 1.03. The van der Waals surface area contributed by atoms with E-state index in [0.717, 1.165) is 16.7 Å². The minimum absolute atomic E-state index is 0.0667. The summed E-state index contributed by atoms with van der Waals surface area (Å²) in [4.78, 5) is 14.2. The fraction of sp³-hybridized carbons (Fsp3) is 0.211. The number of fused-ring (bicyclic) bond motifs is 1. The molecular formula is C19H19NO2. The maximum atomic E-state index is 12.5. The van der Waals surface area contributed by atoms with Gasteiger partial charge in [0.1, 0.15) is 5.76 Å². The molecule has 0 bridgehead atoms. The third-order valence-electron chi connectivity index (χ3n) is 4.10. The van der Waals surface area contributed by atoms with Gasteiger partial charge in [-0.15, -0.1) is 0 Å². The fourth-order valence-electron chi connectivity index (χ4n) is 2.58. The van der Waals surface area contributed by atoms with Crippen LogP contribution in [0.3, 0.4) is 0 Å². The van der Waals surface area contributed by atoms with Crippen molar-refractivity contribution < 1.29 is 9.21 Å². The number of benzene rings is 2. The topological polar surface area (TPSA) is 33.5 Å². The highest BCUT2D eigenvalue weighted by Crippen LogP contribution is 2.21. The third-order valence-corrected chi connectivity index (χ3v) is 4.10. The minimum atomic E-state index is -0.0667. The van der Waals surface area contributed by atoms with Crippen LogP contribution in [-0.4, -0.2) is 17.9 Å². The second-order valence-corrected chi connectivity index (χ2v) is 5.55. The minimum Gasteiger partial charge on any atom is -0.467 e. The van der Waals surface area contributed by atoms with Crippen molar-refractivity contribution in [2.45, 2.75) is 19.4 Å². The van der Waals surface area contributed by atoms with Gasteiger partial charge in [0.25, 0.3) is 0 Å². The molecule has 3 nitrogen and oxygen atoms in total. The fourth-order valence-corrected chi connectivity index (χ4v) is 2.58. The van der Waals surface area contributed by atoms with E-state index in [-0.39, 0.29) is 11.9 Å². The van der Waals surface area contributed by atoms with Crippen molar-refractivity contribution in [2.75, 3.05) is 7.05 Å². The van der Waals surface area contributed by atoms with Gasteiger partial charge in [-0.25, -0.2) is 0 Å². The first kappa shape index (κ1) is 14.4. The molecule has 0 spiro atoms. The number of nitrogens with zero attached hydrogens (tertiary/aromatic N) is 1. The maximum absolute atomic E-state index is 12.5. The van der Waals surface area contributed by atoms with Crippen molar-refractivity contribution in [3.63, 3.8) is 0 Å². The lowest BCUT2D eigenvalue weighted by Crippen LogP contribution is -2.30. The first-order valence-electron chi connectivity index (χ1n) is 7.42. The lowest BCUT2D eigenvalue weighted by molar-refractivity contribution is -0.131. The monoisotopic (exact) mass is 293 g/mol. The highest BCUT2D eigenvalue weighted by Gasteiger charge is 2.19. The molecule has 0 aliphatic carbocycles. The Kier molecular flexibility index (Phi) is 3.96. The Hall–Kier alpha value is -2.55. The van der Waals surface area contributed by atoms with Crippen molar-refractivity contribution in [1.29, 1.82) is 0 Å². The van der Waals surface area contributed by atoms with Gasteiger partial charge in [0.2, 0.25) is 5.91 Å². The molecule has 1 heterocycles. The summed E-state index contributed by atoms with van der Waals surface area (Å²) < 4.78 is 5.38. The molecule has 1 atom stereocenters. The number of carbonyl (C=O) groups excluding carboxylic acids is 1. The highest BCUT2D eigenvalue weighted by molar-refractivity contribution is 5.85. The van der Waals surface area contributed by atoms with E-state index in [4.69, 9.17) is 4.42 Å². The van der Waals surface area contributed by atoms with E-state index in [2.05, 4.69) is 24.3 Å². The van der Waals surface area contributed by atoms with Crippen LogP contribution in [-0.2, 0) is 11.2 Å². The summed E-state index contributed by atoms with van der Waals surface area (Å²) in [5.74, 6) is 0.883. The van der Waals surface area contributed by atoms with Gasteiger partial charge in [0, 0.05) is 7.05 Å². The van der Waals surface area contributed by atoms with Gasteiger partial charge in [-0.3, -0.25) is 4.79 Å². The second-order valence-electron chi connectivity index (χ2n) is 5.55. The maximum Gasteiger partial charge on any atom is 0.227 e. The number of furan rings is 1. The quantitative estimate of drug-likeness (QED) is 0.722. The van der Waals surface area contributed by atoms with Gasteiger partial charge in [-0.1, -0.05) is 42.5 Å². The standard InChI is InChI=1S/C19H19NO2/c1-14(18-8-5-11-22-18)20(2)19(21)13-15-9-10-16-6-3-4-7-17(16)12-15/h3-12,14H,13H2,1-2H3. The van der Waals surface area contributed by atoms with Gasteiger partial charge in [0.15, 0.2) is 0 Å². The van der Waals surface area contributed by atoms with E-state index in [0.29, 0.717) is 6.42 Å². The molecule has 3 rings (SSSR count). The molecule has 22 heavy (non-hydrogen) atoms. The molecule has 1 unspecified atom stereocenters. The molecule has 0 saturated heterocycles. The zero-order valence-electron chi connectivity index (χ0n) is 12.8. The molecular weight excluding hydrogens is 274 g/mol. The molecule has 0 fully saturated rings. The average Bonchev–Trinajstić information content (AvgIpc) is 3.07. The molecule has 2 aromatic carbocycles. The lowest BCUT2D eigenvalue weighted by atomic mass is 10.0. The van der Waals surface area contributed by atoms with Crippen molar-refractivity contribution in [2.24, 2.45) is 0 Å². The van der Waals surface area contributed by atoms with Crippen molar-refractivity contribution in [3.8, 4) is 0 Å². The molecule has 0 aliphatic rings. The predicted molar refractivity (Wildman–Crippen MR) is 87.5 cm³/mol. The normalized spacial score (nSPS) is 12.3. The number of hydrogen-bond donors (Lipinski definition) is 0. The van der Waals surface area contributed by atoms with Crippen molar-refractivity contribution in [1.82, 2.24) is 4.90 Å². The summed E-state index contributed by atoms with van der Waals surface area (Å²) in [7, 11) is 1.82. The van der Waals surface area contributed by atoms with Gasteiger partial charge < -0.3 is 9.32 Å². The van der Waals surface area contributed by atoms with Crippen LogP contribution in [0.5, 0.6) is 0 Å². The molecule has 0 radical (unpaired) electrons. The zero-order chi connectivity index (χ0) is 15.5. The van der Waals surface area contributed by atoms with Gasteiger partial charge in [-0.05, 0) is 35.4 Å². The molecule has 0 N–H and O–H groups in total. The summed E-state index contributed by atoms with van der Waals surface area (Å²) in [6.45, 7) is 1.97. The van der Waals surface area contributed by atoms with Crippen LogP contribution >= 0.6 is 0 Å². The Morgan fingerprint density at radius 2 is 1.86 bits per heavy atom. The van der Waals surface area contributed by atoms with Gasteiger partial charge >= 0.3 is 0 Å². The summed E-state index contributed by atoms with van der Waals surface area (Å²) >= 11 is 0. The predicted octanol–water partition coefficient (Wildman–Crippen LogP) is 4.19. The van der Waals surface area contributed by atoms with Crippen LogP contribution in [0.4, 0.5) is 0 Å². The molecule has 3 aromatic rings. The Labute approximate surface area is 130 Å². The van der Waals surface area contributed by atoms with Crippen molar-refractivity contribution in [3.05, 3.63) is 72.2 Å². The summed E-state index contributed by atoms with van der Waals surface area (Å²) in [5, 5.41) is 2.35. The molecule has 1 amide bonds. The second kappa shape index (κ2) is 6.06. The van der Waals surface area contributed by atoms with Crippen LogP contribution in [0.1, 0.15) is 24.3 Å². The van der Waals surface area contributed by atoms with E-state index in [1.807, 2.05) is 44.3 Å². The van der Waals surface area contributed by atoms with Crippen LogP contribution in [0, 0.1) is 0 Å². The number of amides is 1. The van der Waals surface area contributed by atoms with Crippen LogP contribution in [0.25, 0.3) is 10.8 Å². The Morgan fingerprint density at radius 3 is 2.59 bits per heavy atom. The average molecular weight is 293 g/mol.